The Balaban J connectivity index is 3.35. The summed E-state index contributed by atoms with van der Waals surface area (Å²) in [5, 5.41) is 3.22. The maximum Gasteiger partial charge on any atom is 0.305 e. The molecule has 6 heteroatoms. The number of hydrogen-bond donors (Lipinski definition) is 0. The lowest BCUT2D eigenvalue weighted by Gasteiger charge is -2.09. The zero-order chi connectivity index (χ0) is 10.1. The predicted molar refractivity (Wildman–Crippen MR) is 48.1 cm³/mol. The minimum Gasteiger partial charge on any atom is -0.464 e. The number of rotatable bonds is 6. The van der Waals surface area contributed by atoms with Gasteiger partial charge in [0, 0.05) is 18.0 Å². The molecule has 0 bridgehead atoms. The van der Waals surface area contributed by atoms with Gasteiger partial charge in [0.1, 0.15) is 6.61 Å². The third kappa shape index (κ3) is 8.65. The second kappa shape index (κ2) is 7.39. The SMILES string of the molecule is CN(C)CCOC(=O)CCN=[N+]=[N-]. The van der Waals surface area contributed by atoms with Crippen molar-refractivity contribution in [2.24, 2.45) is 5.11 Å². The van der Waals surface area contributed by atoms with Crippen molar-refractivity contribution in [3.05, 3.63) is 10.4 Å². The first kappa shape index (κ1) is 11.7. The molecule has 74 valence electrons. The molecule has 0 fully saturated rings. The standard InChI is InChI=1S/C7H14N4O2/c1-11(2)5-6-13-7(12)3-4-9-10-8/h3-6H2,1-2H3. The highest BCUT2D eigenvalue weighted by molar-refractivity contribution is 5.69. The molecule has 0 heterocycles. The molecule has 0 aliphatic carbocycles. The van der Waals surface area contributed by atoms with Crippen LogP contribution in [0.1, 0.15) is 6.42 Å². The first-order valence-corrected chi connectivity index (χ1v) is 3.98. The van der Waals surface area contributed by atoms with E-state index < -0.39 is 0 Å². The Labute approximate surface area is 77.1 Å². The first-order chi connectivity index (χ1) is 6.16. The second-order valence-electron chi connectivity index (χ2n) is 2.73. The normalized spacial score (nSPS) is 9.46. The van der Waals surface area contributed by atoms with Gasteiger partial charge in [0.05, 0.1) is 6.42 Å². The van der Waals surface area contributed by atoms with E-state index in [1.807, 2.05) is 19.0 Å². The van der Waals surface area contributed by atoms with E-state index in [1.54, 1.807) is 0 Å². The molecular formula is C7H14N4O2. The third-order valence-corrected chi connectivity index (χ3v) is 1.28. The molecule has 0 saturated heterocycles. The number of ether oxygens (including phenoxy) is 1. The smallest absolute Gasteiger partial charge is 0.305 e. The molecule has 0 aromatic rings. The maximum atomic E-state index is 10.9. The lowest BCUT2D eigenvalue weighted by molar-refractivity contribution is -0.143. The van der Waals surface area contributed by atoms with Gasteiger partial charge in [0.2, 0.25) is 0 Å². The molecule has 13 heavy (non-hydrogen) atoms. The summed E-state index contributed by atoms with van der Waals surface area (Å²) in [5.41, 5.74) is 7.93. The fraction of sp³-hybridized carbons (Fsp3) is 0.857. The fourth-order valence-electron chi connectivity index (χ4n) is 0.600. The van der Waals surface area contributed by atoms with Crippen molar-refractivity contribution in [3.63, 3.8) is 0 Å². The summed E-state index contributed by atoms with van der Waals surface area (Å²) in [6.45, 7) is 1.24. The van der Waals surface area contributed by atoms with Crippen LogP contribution in [0.25, 0.3) is 10.4 Å². The monoisotopic (exact) mass is 186 g/mol. The largest absolute Gasteiger partial charge is 0.464 e. The van der Waals surface area contributed by atoms with Crippen LogP contribution in [-0.4, -0.2) is 44.7 Å². The number of carbonyl (C=O) groups is 1. The van der Waals surface area contributed by atoms with Crippen LogP contribution in [0.5, 0.6) is 0 Å². The summed E-state index contributed by atoms with van der Waals surface area (Å²) >= 11 is 0. The van der Waals surface area contributed by atoms with Gasteiger partial charge in [0.25, 0.3) is 0 Å². The van der Waals surface area contributed by atoms with E-state index in [0.29, 0.717) is 13.2 Å². The van der Waals surface area contributed by atoms with Crippen LogP contribution in [0, 0.1) is 0 Å². The molecule has 6 nitrogen and oxygen atoms in total. The van der Waals surface area contributed by atoms with E-state index in [4.69, 9.17) is 10.3 Å². The molecule has 0 unspecified atom stereocenters. The number of hydrogen-bond acceptors (Lipinski definition) is 4. The van der Waals surface area contributed by atoms with E-state index in [-0.39, 0.29) is 18.9 Å². The van der Waals surface area contributed by atoms with Crippen molar-refractivity contribution in [2.75, 3.05) is 33.8 Å². The Morgan fingerprint density at radius 3 is 2.85 bits per heavy atom. The zero-order valence-corrected chi connectivity index (χ0v) is 7.93. The summed E-state index contributed by atoms with van der Waals surface area (Å²) in [4.78, 5) is 15.3. The van der Waals surface area contributed by atoms with Crippen molar-refractivity contribution in [1.82, 2.24) is 4.90 Å². The van der Waals surface area contributed by atoms with Crippen LogP contribution in [0.4, 0.5) is 0 Å². The average molecular weight is 186 g/mol. The quantitative estimate of drug-likeness (QED) is 0.266. The molecule has 0 N–H and O–H groups in total. The number of nitrogens with zero attached hydrogens (tertiary/aromatic N) is 4. The van der Waals surface area contributed by atoms with Crippen LogP contribution in [0.3, 0.4) is 0 Å². The Morgan fingerprint density at radius 2 is 2.31 bits per heavy atom. The number of azide groups is 1. The number of likely N-dealkylation sites (N-methyl/N-ethyl adjacent to an activating group) is 1. The minimum atomic E-state index is -0.325. The van der Waals surface area contributed by atoms with Gasteiger partial charge in [0.15, 0.2) is 0 Å². The van der Waals surface area contributed by atoms with E-state index in [9.17, 15) is 4.79 Å². The predicted octanol–water partition coefficient (Wildman–Crippen LogP) is 0.792. The van der Waals surface area contributed by atoms with Gasteiger partial charge < -0.3 is 9.64 Å². The van der Waals surface area contributed by atoms with E-state index in [0.717, 1.165) is 0 Å². The van der Waals surface area contributed by atoms with Crippen LogP contribution >= 0.6 is 0 Å². The molecule has 0 aromatic heterocycles. The summed E-state index contributed by atoms with van der Waals surface area (Å²) in [6, 6.07) is 0. The lowest BCUT2D eigenvalue weighted by atomic mass is 10.4. The first-order valence-electron chi connectivity index (χ1n) is 3.98. The maximum absolute atomic E-state index is 10.9. The highest BCUT2D eigenvalue weighted by Crippen LogP contribution is 1.88. The van der Waals surface area contributed by atoms with Crippen molar-refractivity contribution in [2.45, 2.75) is 6.42 Å². The van der Waals surface area contributed by atoms with Crippen LogP contribution in [0.15, 0.2) is 5.11 Å². The molecule has 0 saturated carbocycles. The van der Waals surface area contributed by atoms with E-state index >= 15 is 0 Å². The highest BCUT2D eigenvalue weighted by Gasteiger charge is 2.00. The van der Waals surface area contributed by atoms with Crippen molar-refractivity contribution in [1.29, 1.82) is 0 Å². The van der Waals surface area contributed by atoms with E-state index in [1.165, 1.54) is 0 Å². The van der Waals surface area contributed by atoms with Gasteiger partial charge in [-0.15, -0.1) is 0 Å². The Kier molecular flexibility index (Phi) is 6.68. The second-order valence-corrected chi connectivity index (χ2v) is 2.73. The molecule has 0 rings (SSSR count). The Morgan fingerprint density at radius 1 is 1.62 bits per heavy atom. The fourth-order valence-corrected chi connectivity index (χ4v) is 0.600. The third-order valence-electron chi connectivity index (χ3n) is 1.28. The van der Waals surface area contributed by atoms with Gasteiger partial charge >= 0.3 is 5.97 Å². The van der Waals surface area contributed by atoms with Crippen LogP contribution in [0.2, 0.25) is 0 Å². The zero-order valence-electron chi connectivity index (χ0n) is 7.93. The van der Waals surface area contributed by atoms with Gasteiger partial charge in [-0.25, -0.2) is 0 Å². The lowest BCUT2D eigenvalue weighted by Crippen LogP contribution is -2.20. The molecule has 0 amide bonds. The van der Waals surface area contributed by atoms with Crippen molar-refractivity contribution >= 4 is 5.97 Å². The number of esters is 1. The average Bonchev–Trinajstić information content (AvgIpc) is 2.04. The molecule has 0 aromatic carbocycles. The topological polar surface area (TPSA) is 78.3 Å². The summed E-state index contributed by atoms with van der Waals surface area (Å²) < 4.78 is 4.84. The van der Waals surface area contributed by atoms with Gasteiger partial charge in [-0.05, 0) is 19.6 Å². The van der Waals surface area contributed by atoms with Crippen molar-refractivity contribution in [3.8, 4) is 0 Å². The molecule has 0 aliphatic rings. The molecular weight excluding hydrogens is 172 g/mol. The summed E-state index contributed by atoms with van der Waals surface area (Å²) in [6.07, 6.45) is 0.150. The molecule has 0 radical (unpaired) electrons. The van der Waals surface area contributed by atoms with Gasteiger partial charge in [-0.1, -0.05) is 5.11 Å². The van der Waals surface area contributed by atoms with Crippen molar-refractivity contribution < 1.29 is 9.53 Å². The number of carbonyl (C=O) groups excluding carboxylic acids is 1. The van der Waals surface area contributed by atoms with Gasteiger partial charge in [-0.2, -0.15) is 0 Å². The Bertz CT molecular complexity index is 199. The minimum absolute atomic E-state index is 0.150. The van der Waals surface area contributed by atoms with E-state index in [2.05, 4.69) is 10.0 Å². The molecule has 0 spiro atoms. The summed E-state index contributed by atoms with van der Waals surface area (Å²) in [7, 11) is 3.79. The summed E-state index contributed by atoms with van der Waals surface area (Å²) in [5.74, 6) is -0.325. The van der Waals surface area contributed by atoms with Crippen LogP contribution < -0.4 is 0 Å². The van der Waals surface area contributed by atoms with Gasteiger partial charge in [-0.3, -0.25) is 4.79 Å². The Hall–Kier alpha value is -1.26. The highest BCUT2D eigenvalue weighted by atomic mass is 16.5. The molecule has 0 aliphatic heterocycles. The van der Waals surface area contributed by atoms with Crippen LogP contribution in [-0.2, 0) is 9.53 Å². The molecule has 0 atom stereocenters.